The zero-order valence-electron chi connectivity index (χ0n) is 26.8. The summed E-state index contributed by atoms with van der Waals surface area (Å²) in [5.41, 5.74) is 9.97. The fourth-order valence-electron chi connectivity index (χ4n) is 6.30. The zero-order chi connectivity index (χ0) is 33.9. The van der Waals surface area contributed by atoms with Crippen molar-refractivity contribution >= 4 is 10.8 Å². The molecule has 0 fully saturated rings. The minimum absolute atomic E-state index is 0.472. The van der Waals surface area contributed by atoms with Crippen LogP contribution in [0.4, 0.5) is 0 Å². The lowest BCUT2D eigenvalue weighted by Crippen LogP contribution is -2.00. The molecule has 0 spiro atoms. The molecule has 0 amide bonds. The third-order valence-electron chi connectivity index (χ3n) is 8.80. The van der Waals surface area contributed by atoms with Gasteiger partial charge in [-0.1, -0.05) is 146 Å². The summed E-state index contributed by atoms with van der Waals surface area (Å²) in [5, 5.41) is 21.2. The van der Waals surface area contributed by atoms with Crippen molar-refractivity contribution in [3.8, 4) is 79.7 Å². The Morgan fingerprint density at radius 2 is 0.680 bits per heavy atom. The van der Waals surface area contributed by atoms with Crippen LogP contribution in [-0.2, 0) is 0 Å². The summed E-state index contributed by atoms with van der Waals surface area (Å²) >= 11 is 0. The van der Waals surface area contributed by atoms with Crippen LogP contribution in [0.25, 0.3) is 78.3 Å². The highest BCUT2D eigenvalue weighted by molar-refractivity contribution is 6.05. The van der Waals surface area contributed by atoms with Crippen LogP contribution >= 0.6 is 0 Å². The van der Waals surface area contributed by atoms with Gasteiger partial charge in [0.2, 0.25) is 0 Å². The minimum Gasteiger partial charge on any atom is -0.208 e. The predicted octanol–water partition coefficient (Wildman–Crippen LogP) is 10.8. The third kappa shape index (κ3) is 5.88. The molecule has 0 unspecified atom stereocenters. The maximum atomic E-state index is 9.42. The monoisotopic (exact) mass is 637 g/mol. The van der Waals surface area contributed by atoms with E-state index in [2.05, 4.69) is 84.9 Å². The van der Waals surface area contributed by atoms with Gasteiger partial charge in [0.25, 0.3) is 0 Å². The minimum atomic E-state index is 0.472. The summed E-state index contributed by atoms with van der Waals surface area (Å²) in [5.74, 6) is 1.89. The summed E-state index contributed by atoms with van der Waals surface area (Å²) < 4.78 is 0. The lowest BCUT2D eigenvalue weighted by Gasteiger charge is -2.13. The first kappa shape index (κ1) is 30.1. The normalized spacial score (nSPS) is 10.8. The second kappa shape index (κ2) is 13.1. The second-order valence-electron chi connectivity index (χ2n) is 11.9. The third-order valence-corrected chi connectivity index (χ3v) is 8.80. The van der Waals surface area contributed by atoms with E-state index in [9.17, 15) is 10.5 Å². The number of hydrogen-bond donors (Lipinski definition) is 0. The van der Waals surface area contributed by atoms with E-state index in [0.29, 0.717) is 28.6 Å². The summed E-state index contributed by atoms with van der Waals surface area (Å²) in [7, 11) is 0. The molecule has 8 aromatic rings. The van der Waals surface area contributed by atoms with E-state index in [1.54, 1.807) is 6.07 Å². The van der Waals surface area contributed by atoms with E-state index in [1.807, 2.05) is 84.9 Å². The maximum Gasteiger partial charge on any atom is 0.164 e. The quantitative estimate of drug-likeness (QED) is 0.181. The van der Waals surface area contributed by atoms with Crippen LogP contribution in [0.2, 0.25) is 0 Å². The molecule has 5 heteroatoms. The molecular weight excluding hydrogens is 611 g/mol. The van der Waals surface area contributed by atoms with Crippen molar-refractivity contribution in [2.45, 2.75) is 0 Å². The molecule has 1 aromatic heterocycles. The van der Waals surface area contributed by atoms with Gasteiger partial charge in [0.15, 0.2) is 17.5 Å². The molecule has 0 saturated heterocycles. The first-order chi connectivity index (χ1) is 24.7. The van der Waals surface area contributed by atoms with E-state index in [-0.39, 0.29) is 0 Å². The first-order valence-electron chi connectivity index (χ1n) is 16.2. The van der Waals surface area contributed by atoms with Crippen molar-refractivity contribution in [2.24, 2.45) is 0 Å². The molecule has 0 aliphatic heterocycles. The number of benzene rings is 7. The molecule has 232 valence electrons. The van der Waals surface area contributed by atoms with Crippen molar-refractivity contribution in [3.63, 3.8) is 0 Å². The Kier molecular flexibility index (Phi) is 7.91. The number of nitrogens with zero attached hydrogens (tertiary/aromatic N) is 5. The summed E-state index contributed by atoms with van der Waals surface area (Å²) in [6.45, 7) is 0. The Bertz CT molecular complexity index is 2490. The lowest BCUT2D eigenvalue weighted by atomic mass is 9.91. The van der Waals surface area contributed by atoms with Gasteiger partial charge in [0.05, 0.1) is 23.3 Å². The average molecular weight is 638 g/mol. The molecule has 0 atom stereocenters. The molecule has 5 nitrogen and oxygen atoms in total. The van der Waals surface area contributed by atoms with Gasteiger partial charge in [-0.25, -0.2) is 15.0 Å². The van der Waals surface area contributed by atoms with Crippen molar-refractivity contribution in [1.82, 2.24) is 15.0 Å². The fourth-order valence-corrected chi connectivity index (χ4v) is 6.30. The average Bonchev–Trinajstić information content (AvgIpc) is 3.21. The zero-order valence-corrected chi connectivity index (χ0v) is 26.8. The number of aromatic nitrogens is 3. The molecule has 0 radical (unpaired) electrons. The number of fused-ring (bicyclic) bond motifs is 1. The van der Waals surface area contributed by atoms with Crippen molar-refractivity contribution in [2.75, 3.05) is 0 Å². The van der Waals surface area contributed by atoms with Crippen LogP contribution in [0.1, 0.15) is 11.1 Å². The van der Waals surface area contributed by atoms with Gasteiger partial charge in [0.1, 0.15) is 0 Å². The second-order valence-corrected chi connectivity index (χ2v) is 11.9. The van der Waals surface area contributed by atoms with Crippen LogP contribution in [0.15, 0.2) is 164 Å². The molecule has 0 aliphatic carbocycles. The molecule has 0 N–H and O–H groups in total. The summed E-state index contributed by atoms with van der Waals surface area (Å²) in [4.78, 5) is 14.6. The molecule has 0 aliphatic rings. The standard InChI is InChI=1S/C45H27N5/c46-28-30-25-31(29-47)27-38(26-30)32-15-17-33(18-16-32)39-23-24-40(42-14-8-7-13-41(39)42)34-19-21-37(22-20-34)45-49-43(35-9-3-1-4-10-35)48-44(50-45)36-11-5-2-6-12-36/h1-27H. The van der Waals surface area contributed by atoms with Crippen molar-refractivity contribution in [3.05, 3.63) is 175 Å². The van der Waals surface area contributed by atoms with E-state index in [4.69, 9.17) is 15.0 Å². The highest BCUT2D eigenvalue weighted by Crippen LogP contribution is 2.37. The van der Waals surface area contributed by atoms with Gasteiger partial charge in [-0.15, -0.1) is 0 Å². The summed E-state index contributed by atoms with van der Waals surface area (Å²) in [6.07, 6.45) is 0. The molecule has 0 bridgehead atoms. The van der Waals surface area contributed by atoms with Gasteiger partial charge < -0.3 is 0 Å². The number of hydrogen-bond acceptors (Lipinski definition) is 5. The van der Waals surface area contributed by atoms with E-state index in [1.165, 1.54) is 0 Å². The fraction of sp³-hybridized carbons (Fsp3) is 0. The molecular formula is C45H27N5. The Labute approximate surface area is 290 Å². The molecule has 8 rings (SSSR count). The first-order valence-corrected chi connectivity index (χ1v) is 16.2. The highest BCUT2D eigenvalue weighted by atomic mass is 15.0. The Morgan fingerprint density at radius 1 is 0.320 bits per heavy atom. The smallest absolute Gasteiger partial charge is 0.164 e. The van der Waals surface area contributed by atoms with Crippen molar-refractivity contribution < 1.29 is 0 Å². The van der Waals surface area contributed by atoms with Gasteiger partial charge in [-0.2, -0.15) is 10.5 Å². The Hall–Kier alpha value is -7.21. The number of rotatable bonds is 6. The van der Waals surface area contributed by atoms with Crippen LogP contribution in [0.5, 0.6) is 0 Å². The van der Waals surface area contributed by atoms with Crippen LogP contribution in [0.3, 0.4) is 0 Å². The molecule has 50 heavy (non-hydrogen) atoms. The Balaban J connectivity index is 1.14. The SMILES string of the molecule is N#Cc1cc(C#N)cc(-c2ccc(-c3ccc(-c4ccc(-c5nc(-c6ccccc6)nc(-c6ccccc6)n5)cc4)c4ccccc34)cc2)c1. The van der Waals surface area contributed by atoms with Crippen LogP contribution < -0.4 is 0 Å². The predicted molar refractivity (Wildman–Crippen MR) is 199 cm³/mol. The van der Waals surface area contributed by atoms with Crippen LogP contribution in [-0.4, -0.2) is 15.0 Å². The Morgan fingerprint density at radius 3 is 1.10 bits per heavy atom. The largest absolute Gasteiger partial charge is 0.208 e. The highest BCUT2D eigenvalue weighted by Gasteiger charge is 2.14. The number of nitriles is 2. The molecule has 1 heterocycles. The van der Waals surface area contributed by atoms with E-state index < -0.39 is 0 Å². The van der Waals surface area contributed by atoms with Crippen molar-refractivity contribution in [1.29, 1.82) is 10.5 Å². The van der Waals surface area contributed by atoms with Gasteiger partial charge in [-0.3, -0.25) is 0 Å². The van der Waals surface area contributed by atoms with Gasteiger partial charge in [-0.05, 0) is 62.4 Å². The topological polar surface area (TPSA) is 86.2 Å². The molecule has 7 aromatic carbocycles. The summed E-state index contributed by atoms with van der Waals surface area (Å²) in [6, 6.07) is 59.1. The molecule has 0 saturated carbocycles. The van der Waals surface area contributed by atoms with E-state index in [0.717, 1.165) is 60.8 Å². The van der Waals surface area contributed by atoms with Gasteiger partial charge in [0, 0.05) is 16.7 Å². The lowest BCUT2D eigenvalue weighted by molar-refractivity contribution is 1.07. The van der Waals surface area contributed by atoms with Crippen LogP contribution in [0, 0.1) is 22.7 Å². The maximum absolute atomic E-state index is 9.42. The van der Waals surface area contributed by atoms with E-state index >= 15 is 0 Å². The van der Waals surface area contributed by atoms with Gasteiger partial charge >= 0.3 is 0 Å².